The summed E-state index contributed by atoms with van der Waals surface area (Å²) in [7, 11) is 6.01. The third kappa shape index (κ3) is 4.17. The molecule has 0 radical (unpaired) electrons. The fourth-order valence-corrected chi connectivity index (χ4v) is 4.11. The number of likely N-dealkylation sites (tertiary alicyclic amines) is 1. The average Bonchev–Trinajstić information content (AvgIpc) is 3.06. The molecule has 0 aliphatic carbocycles. The van der Waals surface area contributed by atoms with Crippen molar-refractivity contribution in [2.45, 2.75) is 32.2 Å². The lowest BCUT2D eigenvalue weighted by Gasteiger charge is -2.33. The number of nitrogens with zero attached hydrogens (tertiary/aromatic N) is 6. The molecule has 0 saturated carbocycles. The van der Waals surface area contributed by atoms with Crippen molar-refractivity contribution in [3.8, 4) is 11.1 Å². The van der Waals surface area contributed by atoms with Crippen LogP contribution < -0.4 is 4.90 Å². The predicted octanol–water partition coefficient (Wildman–Crippen LogP) is 3.63. The van der Waals surface area contributed by atoms with Gasteiger partial charge in [-0.2, -0.15) is 5.10 Å². The van der Waals surface area contributed by atoms with Gasteiger partial charge in [-0.15, -0.1) is 0 Å². The maximum atomic E-state index is 5.01. The Morgan fingerprint density at radius 1 is 1.14 bits per heavy atom. The molecule has 1 aromatic carbocycles. The second-order valence-electron chi connectivity index (χ2n) is 8.18. The fourth-order valence-electron chi connectivity index (χ4n) is 4.11. The van der Waals surface area contributed by atoms with Gasteiger partial charge >= 0.3 is 0 Å². The zero-order valence-corrected chi connectivity index (χ0v) is 17.8. The van der Waals surface area contributed by atoms with Crippen LogP contribution in [-0.2, 0) is 13.6 Å². The molecule has 3 heterocycles. The Balaban J connectivity index is 1.63. The number of aromatic nitrogens is 4. The molecular formula is C23H30N6. The van der Waals surface area contributed by atoms with Crippen LogP contribution in [0, 0.1) is 6.92 Å². The van der Waals surface area contributed by atoms with Crippen molar-refractivity contribution in [2.75, 3.05) is 32.1 Å². The predicted molar refractivity (Wildman–Crippen MR) is 117 cm³/mol. The quantitative estimate of drug-likeness (QED) is 0.666. The van der Waals surface area contributed by atoms with E-state index in [0.717, 1.165) is 37.6 Å². The van der Waals surface area contributed by atoms with Crippen molar-refractivity contribution < 1.29 is 0 Å². The Bertz CT molecular complexity index is 963. The number of anilines is 1. The molecule has 4 rings (SSSR count). The molecule has 0 amide bonds. The molecule has 6 heteroatoms. The number of benzene rings is 1. The van der Waals surface area contributed by atoms with Gasteiger partial charge in [0, 0.05) is 63.2 Å². The maximum Gasteiger partial charge on any atom is 0.225 e. The molecule has 0 bridgehead atoms. The van der Waals surface area contributed by atoms with E-state index in [4.69, 9.17) is 4.98 Å². The standard InChI is InChI=1S/C23H30N6/c1-17-20(13-25-28(17)4)16-29-12-8-11-19(15-29)22-21(18-9-6-5-7-10-18)14-24-23(26-22)27(2)3/h5-7,9-10,13-14,19H,8,11-12,15-16H2,1-4H3. The number of hydrogen-bond acceptors (Lipinski definition) is 5. The molecule has 152 valence electrons. The zero-order valence-electron chi connectivity index (χ0n) is 17.8. The van der Waals surface area contributed by atoms with Crippen LogP contribution in [0.3, 0.4) is 0 Å². The molecule has 0 spiro atoms. The van der Waals surface area contributed by atoms with Crippen LogP contribution in [0.2, 0.25) is 0 Å². The van der Waals surface area contributed by atoms with Gasteiger partial charge in [0.15, 0.2) is 0 Å². The number of rotatable bonds is 5. The monoisotopic (exact) mass is 390 g/mol. The summed E-state index contributed by atoms with van der Waals surface area (Å²) >= 11 is 0. The van der Waals surface area contributed by atoms with E-state index in [1.807, 2.05) is 43.1 Å². The molecule has 29 heavy (non-hydrogen) atoms. The Morgan fingerprint density at radius 2 is 1.93 bits per heavy atom. The molecule has 3 aromatic rings. The van der Waals surface area contributed by atoms with E-state index in [1.165, 1.54) is 28.9 Å². The molecule has 6 nitrogen and oxygen atoms in total. The highest BCUT2D eigenvalue weighted by Gasteiger charge is 2.26. The van der Waals surface area contributed by atoms with Gasteiger partial charge in [-0.05, 0) is 31.9 Å². The van der Waals surface area contributed by atoms with Gasteiger partial charge in [0.25, 0.3) is 0 Å². The van der Waals surface area contributed by atoms with Crippen molar-refractivity contribution in [2.24, 2.45) is 7.05 Å². The van der Waals surface area contributed by atoms with E-state index in [9.17, 15) is 0 Å². The zero-order chi connectivity index (χ0) is 20.4. The van der Waals surface area contributed by atoms with E-state index in [2.05, 4.69) is 52.2 Å². The first-order valence-corrected chi connectivity index (χ1v) is 10.3. The van der Waals surface area contributed by atoms with Gasteiger partial charge in [0.1, 0.15) is 0 Å². The topological polar surface area (TPSA) is 50.1 Å². The summed E-state index contributed by atoms with van der Waals surface area (Å²) in [5.74, 6) is 1.18. The van der Waals surface area contributed by atoms with E-state index >= 15 is 0 Å². The summed E-state index contributed by atoms with van der Waals surface area (Å²) in [6.07, 6.45) is 6.34. The van der Waals surface area contributed by atoms with Crippen LogP contribution in [0.4, 0.5) is 5.95 Å². The minimum Gasteiger partial charge on any atom is -0.347 e. The Morgan fingerprint density at radius 3 is 2.62 bits per heavy atom. The minimum absolute atomic E-state index is 0.401. The van der Waals surface area contributed by atoms with Crippen LogP contribution in [0.1, 0.15) is 35.7 Å². The normalized spacial score (nSPS) is 17.4. The molecule has 1 fully saturated rings. The summed E-state index contributed by atoms with van der Waals surface area (Å²) in [6.45, 7) is 5.22. The highest BCUT2D eigenvalue weighted by molar-refractivity contribution is 5.66. The molecule has 2 aromatic heterocycles. The second-order valence-corrected chi connectivity index (χ2v) is 8.18. The minimum atomic E-state index is 0.401. The van der Waals surface area contributed by atoms with Crippen LogP contribution >= 0.6 is 0 Å². The molecule has 1 aliphatic heterocycles. The summed E-state index contributed by atoms with van der Waals surface area (Å²) in [5, 5.41) is 4.41. The molecule has 1 atom stereocenters. The highest BCUT2D eigenvalue weighted by Crippen LogP contribution is 2.34. The van der Waals surface area contributed by atoms with Gasteiger partial charge in [0.05, 0.1) is 11.9 Å². The van der Waals surface area contributed by atoms with Crippen molar-refractivity contribution >= 4 is 5.95 Å². The van der Waals surface area contributed by atoms with E-state index < -0.39 is 0 Å². The van der Waals surface area contributed by atoms with Crippen LogP contribution in [-0.4, -0.2) is 51.8 Å². The van der Waals surface area contributed by atoms with Crippen molar-refractivity contribution in [1.29, 1.82) is 0 Å². The smallest absolute Gasteiger partial charge is 0.225 e. The van der Waals surface area contributed by atoms with Crippen molar-refractivity contribution in [3.63, 3.8) is 0 Å². The summed E-state index contributed by atoms with van der Waals surface area (Å²) in [5.41, 5.74) is 6.07. The highest BCUT2D eigenvalue weighted by atomic mass is 15.3. The largest absolute Gasteiger partial charge is 0.347 e. The molecule has 1 unspecified atom stereocenters. The van der Waals surface area contributed by atoms with Crippen LogP contribution in [0.5, 0.6) is 0 Å². The van der Waals surface area contributed by atoms with E-state index in [-0.39, 0.29) is 0 Å². The summed E-state index contributed by atoms with van der Waals surface area (Å²) in [6, 6.07) is 10.5. The molecule has 1 aliphatic rings. The number of aryl methyl sites for hydroxylation is 1. The lowest BCUT2D eigenvalue weighted by Crippen LogP contribution is -2.34. The third-order valence-corrected chi connectivity index (χ3v) is 5.91. The van der Waals surface area contributed by atoms with Gasteiger partial charge in [-0.25, -0.2) is 9.97 Å². The maximum absolute atomic E-state index is 5.01. The third-order valence-electron chi connectivity index (χ3n) is 5.91. The van der Waals surface area contributed by atoms with Gasteiger partial charge < -0.3 is 4.90 Å². The van der Waals surface area contributed by atoms with Gasteiger partial charge in [0.2, 0.25) is 5.95 Å². The second kappa shape index (κ2) is 8.33. The summed E-state index contributed by atoms with van der Waals surface area (Å²) < 4.78 is 1.96. The van der Waals surface area contributed by atoms with Crippen molar-refractivity contribution in [3.05, 3.63) is 59.7 Å². The molecule has 1 saturated heterocycles. The first-order valence-electron chi connectivity index (χ1n) is 10.3. The average molecular weight is 391 g/mol. The first-order chi connectivity index (χ1) is 14.0. The lowest BCUT2D eigenvalue weighted by atomic mass is 9.89. The molecule has 0 N–H and O–H groups in total. The lowest BCUT2D eigenvalue weighted by molar-refractivity contribution is 0.198. The first kappa shape index (κ1) is 19.6. The fraction of sp³-hybridized carbons (Fsp3) is 0.435. The van der Waals surface area contributed by atoms with E-state index in [0.29, 0.717) is 5.92 Å². The Labute approximate surface area is 173 Å². The Hall–Kier alpha value is -2.73. The SMILES string of the molecule is Cc1c(CN2CCCC(c3nc(N(C)C)ncc3-c3ccccc3)C2)cnn1C. The van der Waals surface area contributed by atoms with Crippen LogP contribution in [0.15, 0.2) is 42.7 Å². The summed E-state index contributed by atoms with van der Waals surface area (Å²) in [4.78, 5) is 14.1. The number of piperidine rings is 1. The van der Waals surface area contributed by atoms with Gasteiger partial charge in [-0.1, -0.05) is 30.3 Å². The van der Waals surface area contributed by atoms with Gasteiger partial charge in [-0.3, -0.25) is 9.58 Å². The van der Waals surface area contributed by atoms with Crippen molar-refractivity contribution in [1.82, 2.24) is 24.6 Å². The Kier molecular flexibility index (Phi) is 5.62. The van der Waals surface area contributed by atoms with Crippen LogP contribution in [0.25, 0.3) is 11.1 Å². The van der Waals surface area contributed by atoms with E-state index in [1.54, 1.807) is 0 Å². The number of hydrogen-bond donors (Lipinski definition) is 0. The molecular weight excluding hydrogens is 360 g/mol.